The highest BCUT2D eigenvalue weighted by Crippen LogP contribution is 2.36. The second kappa shape index (κ2) is 10.7. The van der Waals surface area contributed by atoms with Gasteiger partial charge in [0, 0.05) is 0 Å². The standard InChI is InChI=1S/C19H32O4.H3O3P/c1-17(2,3)14-7-8-16(15(9-14)18(4,5)6)23-13-19(10-20,11-21)12-22;1-4(2)3/h7-9,20-22H,10-13H2,1-6H3;1-3H. The first-order valence-electron chi connectivity index (χ1n) is 8.69. The van der Waals surface area contributed by atoms with E-state index in [-0.39, 0.29) is 37.3 Å². The summed E-state index contributed by atoms with van der Waals surface area (Å²) in [4.78, 5) is 21.7. The Morgan fingerprint density at radius 2 is 1.26 bits per heavy atom. The van der Waals surface area contributed by atoms with E-state index in [1.807, 2.05) is 12.1 Å². The predicted molar refractivity (Wildman–Crippen MR) is 107 cm³/mol. The SMILES string of the molecule is CC(C)(C)c1ccc(OCC(CO)(CO)CO)c(C(C)(C)C)c1.OP(O)O. The maximum absolute atomic E-state index is 9.43. The monoisotopic (exact) mass is 406 g/mol. The third-order valence-corrected chi connectivity index (χ3v) is 4.19. The molecule has 27 heavy (non-hydrogen) atoms. The van der Waals surface area contributed by atoms with Crippen LogP contribution in [0.15, 0.2) is 18.2 Å². The first-order chi connectivity index (χ1) is 12.2. The van der Waals surface area contributed by atoms with Crippen LogP contribution in [0.2, 0.25) is 0 Å². The average molecular weight is 406 g/mol. The molecule has 8 heteroatoms. The molecule has 0 aliphatic carbocycles. The summed E-state index contributed by atoms with van der Waals surface area (Å²) in [5.74, 6) is 0.727. The van der Waals surface area contributed by atoms with E-state index in [1.165, 1.54) is 5.56 Å². The molecule has 1 rings (SSSR count). The van der Waals surface area contributed by atoms with Gasteiger partial charge in [-0.1, -0.05) is 53.7 Å². The van der Waals surface area contributed by atoms with Crippen LogP contribution in [0.25, 0.3) is 0 Å². The van der Waals surface area contributed by atoms with Crippen molar-refractivity contribution in [3.63, 3.8) is 0 Å². The van der Waals surface area contributed by atoms with E-state index in [0.717, 1.165) is 11.3 Å². The molecule has 0 spiro atoms. The summed E-state index contributed by atoms with van der Waals surface area (Å²) in [7, 11) is -2.62. The Bertz CT molecular complexity index is 547. The zero-order chi connectivity index (χ0) is 21.5. The van der Waals surface area contributed by atoms with Crippen LogP contribution in [0.5, 0.6) is 5.75 Å². The Balaban J connectivity index is 0.00000153. The molecule has 0 fully saturated rings. The molecular weight excluding hydrogens is 371 g/mol. The van der Waals surface area contributed by atoms with Gasteiger partial charge in [0.2, 0.25) is 0 Å². The molecule has 0 aliphatic heterocycles. The number of aliphatic hydroxyl groups excluding tert-OH is 3. The summed E-state index contributed by atoms with van der Waals surface area (Å²) < 4.78 is 5.89. The summed E-state index contributed by atoms with van der Waals surface area (Å²) >= 11 is 0. The summed E-state index contributed by atoms with van der Waals surface area (Å²) in [6, 6.07) is 6.15. The Labute approximate surface area is 163 Å². The van der Waals surface area contributed by atoms with Crippen LogP contribution < -0.4 is 4.74 Å². The molecule has 0 atom stereocenters. The molecule has 0 bridgehead atoms. The number of hydrogen-bond acceptors (Lipinski definition) is 7. The molecule has 1 aromatic carbocycles. The second-order valence-corrected chi connectivity index (χ2v) is 9.28. The van der Waals surface area contributed by atoms with Crippen molar-refractivity contribution in [2.24, 2.45) is 5.41 Å². The number of benzene rings is 1. The zero-order valence-corrected chi connectivity index (χ0v) is 18.0. The quantitative estimate of drug-likeness (QED) is 0.397. The van der Waals surface area contributed by atoms with Crippen LogP contribution in [0.3, 0.4) is 0 Å². The van der Waals surface area contributed by atoms with Gasteiger partial charge < -0.3 is 34.7 Å². The van der Waals surface area contributed by atoms with Crippen LogP contribution in [0.4, 0.5) is 0 Å². The average Bonchev–Trinajstić information content (AvgIpc) is 2.54. The molecule has 0 amide bonds. The van der Waals surface area contributed by atoms with Gasteiger partial charge in [-0.15, -0.1) is 0 Å². The largest absolute Gasteiger partial charge is 0.492 e. The zero-order valence-electron chi connectivity index (χ0n) is 17.1. The van der Waals surface area contributed by atoms with Crippen molar-refractivity contribution in [1.29, 1.82) is 0 Å². The molecule has 0 aliphatic rings. The van der Waals surface area contributed by atoms with Gasteiger partial charge in [-0.05, 0) is 28.0 Å². The summed E-state index contributed by atoms with van der Waals surface area (Å²) in [6.07, 6.45) is 0. The highest BCUT2D eigenvalue weighted by Gasteiger charge is 2.30. The van der Waals surface area contributed by atoms with Gasteiger partial charge in [-0.3, -0.25) is 0 Å². The van der Waals surface area contributed by atoms with Crippen molar-refractivity contribution in [1.82, 2.24) is 0 Å². The molecule has 7 nitrogen and oxygen atoms in total. The lowest BCUT2D eigenvalue weighted by Crippen LogP contribution is -2.40. The summed E-state index contributed by atoms with van der Waals surface area (Å²) in [5.41, 5.74) is 1.22. The van der Waals surface area contributed by atoms with Gasteiger partial charge in [0.15, 0.2) is 0 Å². The van der Waals surface area contributed by atoms with Gasteiger partial charge >= 0.3 is 8.60 Å². The predicted octanol–water partition coefficient (Wildman–Crippen LogP) is 1.81. The lowest BCUT2D eigenvalue weighted by molar-refractivity contribution is -0.0262. The Morgan fingerprint density at radius 3 is 1.59 bits per heavy atom. The van der Waals surface area contributed by atoms with Gasteiger partial charge in [0.25, 0.3) is 0 Å². The van der Waals surface area contributed by atoms with Crippen LogP contribution in [-0.4, -0.2) is 56.4 Å². The van der Waals surface area contributed by atoms with Crippen molar-refractivity contribution < 1.29 is 34.7 Å². The van der Waals surface area contributed by atoms with Crippen molar-refractivity contribution in [3.8, 4) is 5.75 Å². The highest BCUT2D eigenvalue weighted by atomic mass is 31.2. The van der Waals surface area contributed by atoms with Crippen LogP contribution in [-0.2, 0) is 10.8 Å². The highest BCUT2D eigenvalue weighted by molar-refractivity contribution is 7.38. The smallest absolute Gasteiger partial charge is 0.324 e. The molecular formula is C19H35O7P. The van der Waals surface area contributed by atoms with Gasteiger partial charge in [-0.2, -0.15) is 0 Å². The summed E-state index contributed by atoms with van der Waals surface area (Å²) in [5, 5.41) is 28.3. The molecule has 0 aromatic heterocycles. The normalized spacial score (nSPS) is 12.6. The van der Waals surface area contributed by atoms with Crippen LogP contribution >= 0.6 is 8.60 Å². The van der Waals surface area contributed by atoms with Crippen molar-refractivity contribution in [2.75, 3.05) is 26.4 Å². The number of aliphatic hydroxyl groups is 3. The summed E-state index contributed by atoms with van der Waals surface area (Å²) in [6.45, 7) is 12.0. The van der Waals surface area contributed by atoms with Crippen molar-refractivity contribution in [3.05, 3.63) is 29.3 Å². The van der Waals surface area contributed by atoms with E-state index < -0.39 is 14.0 Å². The number of hydrogen-bond donors (Lipinski definition) is 6. The molecule has 6 N–H and O–H groups in total. The third-order valence-electron chi connectivity index (χ3n) is 4.19. The fourth-order valence-electron chi connectivity index (χ4n) is 2.23. The second-order valence-electron chi connectivity index (χ2n) is 8.74. The van der Waals surface area contributed by atoms with E-state index in [2.05, 4.69) is 47.6 Å². The molecule has 0 saturated carbocycles. The van der Waals surface area contributed by atoms with E-state index in [1.54, 1.807) is 0 Å². The Morgan fingerprint density at radius 1 is 0.815 bits per heavy atom. The first-order valence-corrected chi connectivity index (χ1v) is 9.89. The third kappa shape index (κ3) is 8.83. The molecule has 1 aromatic rings. The lowest BCUT2D eigenvalue weighted by atomic mass is 9.80. The number of rotatable bonds is 6. The molecule has 0 saturated heterocycles. The topological polar surface area (TPSA) is 131 Å². The first kappa shape index (κ1) is 26.2. The van der Waals surface area contributed by atoms with Crippen LogP contribution in [0, 0.1) is 5.41 Å². The van der Waals surface area contributed by atoms with Crippen LogP contribution in [0.1, 0.15) is 52.7 Å². The minimum absolute atomic E-state index is 0.0452. The molecule has 158 valence electrons. The molecule has 0 heterocycles. The molecule has 0 unspecified atom stereocenters. The fraction of sp³-hybridized carbons (Fsp3) is 0.684. The molecule has 0 radical (unpaired) electrons. The minimum Gasteiger partial charge on any atom is -0.492 e. The van der Waals surface area contributed by atoms with E-state index in [9.17, 15) is 15.3 Å². The number of ether oxygens (including phenoxy) is 1. The Kier molecular flexibility index (Phi) is 10.4. The van der Waals surface area contributed by atoms with Crippen molar-refractivity contribution >= 4 is 8.60 Å². The van der Waals surface area contributed by atoms with Gasteiger partial charge in [0.05, 0.1) is 25.2 Å². The van der Waals surface area contributed by atoms with Gasteiger partial charge in [-0.25, -0.2) is 0 Å². The van der Waals surface area contributed by atoms with E-state index >= 15 is 0 Å². The maximum Gasteiger partial charge on any atom is 0.324 e. The van der Waals surface area contributed by atoms with E-state index in [4.69, 9.17) is 19.4 Å². The van der Waals surface area contributed by atoms with E-state index in [0.29, 0.717) is 0 Å². The lowest BCUT2D eigenvalue weighted by Gasteiger charge is -2.30. The maximum atomic E-state index is 9.43. The Hall–Kier alpha value is -0.790. The fourth-order valence-corrected chi connectivity index (χ4v) is 2.23. The minimum atomic E-state index is -2.62. The van der Waals surface area contributed by atoms with Crippen molar-refractivity contribution in [2.45, 2.75) is 52.4 Å². The van der Waals surface area contributed by atoms with Gasteiger partial charge in [0.1, 0.15) is 12.4 Å².